The Morgan fingerprint density at radius 3 is 0.855 bits per heavy atom. The molecule has 0 aliphatic heterocycles. The van der Waals surface area contributed by atoms with Gasteiger partial charge in [0.1, 0.15) is 19.3 Å². The van der Waals surface area contributed by atoms with Crippen molar-refractivity contribution in [2.45, 2.75) is 303 Å². The van der Waals surface area contributed by atoms with Crippen LogP contribution in [0.25, 0.3) is 0 Å². The Balaban J connectivity index is 5.59. The van der Waals surface area contributed by atoms with Gasteiger partial charge in [0.05, 0.1) is 26.4 Å². The Hall–Kier alpha value is -6.36. The molecule has 0 fully saturated rings. The third-order valence-electron chi connectivity index (χ3n) is 16.2. The lowest BCUT2D eigenvalue weighted by atomic mass is 10.1. The monoisotopic (exact) mass is 1570 g/mol. The van der Waals surface area contributed by atoms with Crippen molar-refractivity contribution >= 4 is 39.5 Å². The first-order chi connectivity index (χ1) is 53.7. The summed E-state index contributed by atoms with van der Waals surface area (Å²) in [6.07, 6.45) is 101. The van der Waals surface area contributed by atoms with E-state index < -0.39 is 97.5 Å². The molecular formula is C91H144O17P2. The molecule has 0 spiro atoms. The fourth-order valence-corrected chi connectivity index (χ4v) is 11.6. The highest BCUT2D eigenvalue weighted by Gasteiger charge is 2.30. The van der Waals surface area contributed by atoms with Crippen LogP contribution in [0, 0.1) is 0 Å². The van der Waals surface area contributed by atoms with E-state index in [9.17, 15) is 43.2 Å². The number of rotatable bonds is 75. The smallest absolute Gasteiger partial charge is 0.462 e. The molecule has 0 aromatic rings. The van der Waals surface area contributed by atoms with E-state index in [4.69, 9.17) is 37.0 Å². The number of aliphatic hydroxyl groups excluding tert-OH is 1. The van der Waals surface area contributed by atoms with Crippen molar-refractivity contribution in [1.82, 2.24) is 0 Å². The van der Waals surface area contributed by atoms with Crippen LogP contribution < -0.4 is 0 Å². The van der Waals surface area contributed by atoms with Gasteiger partial charge in [-0.1, -0.05) is 298 Å². The summed E-state index contributed by atoms with van der Waals surface area (Å²) in [4.78, 5) is 73.1. The number of carbonyl (C=O) groups excluding carboxylic acids is 4. The van der Waals surface area contributed by atoms with Crippen molar-refractivity contribution in [3.63, 3.8) is 0 Å². The molecule has 2 unspecified atom stereocenters. The first kappa shape index (κ1) is 104. The molecule has 0 aromatic carbocycles. The minimum Gasteiger partial charge on any atom is -0.462 e. The average Bonchev–Trinajstić information content (AvgIpc) is 0.906. The first-order valence-electron chi connectivity index (χ1n) is 41.3. The van der Waals surface area contributed by atoms with Gasteiger partial charge in [0.2, 0.25) is 0 Å². The largest absolute Gasteiger partial charge is 0.472 e. The number of unbranched alkanes of at least 4 members (excludes halogenated alkanes) is 15. The maximum Gasteiger partial charge on any atom is 0.472 e. The highest BCUT2D eigenvalue weighted by molar-refractivity contribution is 7.47. The summed E-state index contributed by atoms with van der Waals surface area (Å²) in [5.74, 6) is -2.46. The maximum absolute atomic E-state index is 13.1. The number of carbonyl (C=O) groups is 4. The number of phosphoric ester groups is 2. The van der Waals surface area contributed by atoms with Gasteiger partial charge in [0.15, 0.2) is 12.2 Å². The summed E-state index contributed by atoms with van der Waals surface area (Å²) in [6, 6.07) is 0. The second-order valence-electron chi connectivity index (χ2n) is 26.6. The number of aliphatic hydroxyl groups is 1. The van der Waals surface area contributed by atoms with Crippen molar-refractivity contribution in [3.8, 4) is 0 Å². The molecule has 0 saturated heterocycles. The number of hydrogen-bond acceptors (Lipinski definition) is 15. The second-order valence-corrected chi connectivity index (χ2v) is 29.5. The molecule has 5 atom stereocenters. The molecule has 620 valence electrons. The van der Waals surface area contributed by atoms with Crippen molar-refractivity contribution in [2.75, 3.05) is 39.6 Å². The van der Waals surface area contributed by atoms with E-state index in [1.165, 1.54) is 44.9 Å². The molecule has 17 nitrogen and oxygen atoms in total. The predicted octanol–water partition coefficient (Wildman–Crippen LogP) is 24.7. The average molecular weight is 1570 g/mol. The molecule has 19 heteroatoms. The zero-order valence-electron chi connectivity index (χ0n) is 67.8. The molecule has 3 N–H and O–H groups in total. The van der Waals surface area contributed by atoms with Gasteiger partial charge in [-0.05, 0) is 167 Å². The van der Waals surface area contributed by atoms with Gasteiger partial charge in [0.25, 0.3) is 0 Å². The van der Waals surface area contributed by atoms with Crippen LogP contribution in [0.3, 0.4) is 0 Å². The third-order valence-corrected chi connectivity index (χ3v) is 18.1. The standard InChI is InChI=1S/C91H144O17P2/c1-5-9-13-17-21-25-29-33-37-40-42-45-48-52-56-60-64-68-72-76-89(94)102-82-87(107-90(95)77-73-69-65-61-57-53-49-44-39-35-31-27-23-19-15-11-7-3)84-106-110(99,100)104-80-85(92)79-103-109(97,98)105-83-86(81-101-88(93)75-71-67-63-59-55-51-47-36-32-28-24-20-16-12-8-4)108-91(96)78-74-70-66-62-58-54-50-46-43-41-38-34-30-26-22-18-14-10-6-2/h9-10,13-14,21-23,25-28,32-35,37-39,42-43,45-46,49,52-54,56,58,61,64-66,68,70,85-87,92H,5-8,11-12,15-20,24,29-31,36,40-41,44,47-48,50-51,55,57,59-60,62-63,67,69,71-84H2,1-4H3,(H,97,98)(H,99,100)/b13-9-,14-10-,25-21-,26-22-,27-23-,32-28-,37-33-,38-34-,39-35-,45-42-,46-43-,53-49-,56-52-,58-54-,65-61-,68-64-,70-66-/t85-,86+,87+/m0/s1. The molecule has 0 aliphatic rings. The Kier molecular flexibility index (Phi) is 76.0. The fraction of sp³-hybridized carbons (Fsp3) is 0.582. The lowest BCUT2D eigenvalue weighted by molar-refractivity contribution is -0.161. The molecule has 0 bridgehead atoms. The fourth-order valence-electron chi connectivity index (χ4n) is 10.0. The number of ether oxygens (including phenoxy) is 4. The van der Waals surface area contributed by atoms with Crippen LogP contribution in [-0.4, -0.2) is 96.7 Å². The predicted molar refractivity (Wildman–Crippen MR) is 454 cm³/mol. The van der Waals surface area contributed by atoms with E-state index in [-0.39, 0.29) is 25.7 Å². The van der Waals surface area contributed by atoms with Crippen molar-refractivity contribution in [2.24, 2.45) is 0 Å². The van der Waals surface area contributed by atoms with E-state index in [1.54, 1.807) is 0 Å². The van der Waals surface area contributed by atoms with Crippen LogP contribution in [0.4, 0.5) is 0 Å². The highest BCUT2D eigenvalue weighted by Crippen LogP contribution is 2.45. The maximum atomic E-state index is 13.1. The van der Waals surface area contributed by atoms with E-state index in [2.05, 4.69) is 186 Å². The lowest BCUT2D eigenvalue weighted by Gasteiger charge is -2.21. The van der Waals surface area contributed by atoms with Crippen molar-refractivity contribution in [3.05, 3.63) is 207 Å². The van der Waals surface area contributed by atoms with Crippen LogP contribution in [-0.2, 0) is 65.4 Å². The zero-order valence-corrected chi connectivity index (χ0v) is 69.6. The van der Waals surface area contributed by atoms with E-state index in [0.29, 0.717) is 44.9 Å². The summed E-state index contributed by atoms with van der Waals surface area (Å²) in [6.45, 7) is 4.34. The van der Waals surface area contributed by atoms with Crippen LogP contribution in [0.1, 0.15) is 285 Å². The Morgan fingerprint density at radius 2 is 0.500 bits per heavy atom. The Morgan fingerprint density at radius 1 is 0.264 bits per heavy atom. The number of hydrogen-bond donors (Lipinski definition) is 3. The van der Waals surface area contributed by atoms with Gasteiger partial charge in [-0.25, -0.2) is 9.13 Å². The van der Waals surface area contributed by atoms with E-state index >= 15 is 0 Å². The summed E-state index contributed by atoms with van der Waals surface area (Å²) >= 11 is 0. The molecule has 0 rings (SSSR count). The summed E-state index contributed by atoms with van der Waals surface area (Å²) in [7, 11) is -10.0. The number of allylic oxidation sites excluding steroid dienone is 34. The molecule has 0 saturated carbocycles. The molecule has 110 heavy (non-hydrogen) atoms. The normalized spacial score (nSPS) is 14.9. The van der Waals surface area contributed by atoms with Gasteiger partial charge in [0, 0.05) is 25.7 Å². The quantitative estimate of drug-likeness (QED) is 0.0169. The Bertz CT molecular complexity index is 2900. The topological polar surface area (TPSA) is 237 Å². The van der Waals surface area contributed by atoms with Crippen molar-refractivity contribution in [1.29, 1.82) is 0 Å². The summed E-state index contributed by atoms with van der Waals surface area (Å²) in [5.41, 5.74) is 0. The van der Waals surface area contributed by atoms with Crippen LogP contribution >= 0.6 is 15.6 Å². The summed E-state index contributed by atoms with van der Waals surface area (Å²) in [5, 5.41) is 10.7. The van der Waals surface area contributed by atoms with Gasteiger partial charge in [-0.2, -0.15) is 0 Å². The third kappa shape index (κ3) is 79.7. The minimum absolute atomic E-state index is 0.00744. The Labute approximate surface area is 665 Å². The highest BCUT2D eigenvalue weighted by atomic mass is 31.2. The van der Waals surface area contributed by atoms with E-state index in [1.807, 2.05) is 48.6 Å². The molecule has 0 aliphatic carbocycles. The van der Waals surface area contributed by atoms with Gasteiger partial charge in [-0.3, -0.25) is 37.3 Å². The van der Waals surface area contributed by atoms with Gasteiger partial charge >= 0.3 is 39.5 Å². The number of phosphoric acid groups is 2. The van der Waals surface area contributed by atoms with Gasteiger partial charge < -0.3 is 33.8 Å². The summed E-state index contributed by atoms with van der Waals surface area (Å²) < 4.78 is 68.5. The first-order valence-corrected chi connectivity index (χ1v) is 44.3. The lowest BCUT2D eigenvalue weighted by Crippen LogP contribution is -2.30. The molecular weight excluding hydrogens is 1430 g/mol. The van der Waals surface area contributed by atoms with Crippen molar-refractivity contribution < 1.29 is 80.2 Å². The van der Waals surface area contributed by atoms with E-state index in [0.717, 1.165) is 141 Å². The second kappa shape index (κ2) is 80.7. The minimum atomic E-state index is -5.03. The van der Waals surface area contributed by atoms with Crippen LogP contribution in [0.5, 0.6) is 0 Å². The van der Waals surface area contributed by atoms with Crippen LogP contribution in [0.2, 0.25) is 0 Å². The van der Waals surface area contributed by atoms with Crippen LogP contribution in [0.15, 0.2) is 207 Å². The van der Waals surface area contributed by atoms with Gasteiger partial charge in [-0.15, -0.1) is 0 Å². The molecule has 0 heterocycles. The SMILES string of the molecule is CC/C=C\C/C=C\C/C=C\C/C=C\C/C=C\C/C=C\CCC(=O)OC[C@H](COP(=O)(O)OC[C@@H](O)COP(=O)(O)OC[C@@H](COC(=O)CCCCCCCCC/C=C\CCCCCC)OC(=O)CC/C=C\C/C=C\C/C=C\C/C=C\C/C=C\C/C=C\CC)OC(=O)CCC/C=C\C/C=C\C/C=C\C/C=C\CCCCC. The molecule has 0 aromatic heterocycles. The number of esters is 4. The molecule has 0 radical (unpaired) electrons. The molecule has 0 amide bonds. The zero-order chi connectivity index (χ0) is 80.3.